The minimum atomic E-state index is -1.01. The standard InChI is InChI=1S/C28H29FN2O3/c29-10-12-31-20-4-2-1-3-18(20)19-14-28(33)22-13-17-7-8-21(32)25-23(17)27(28,26(34-25)24(19)31)9-11-30(22)15-16-5-6-16/h1-4,7-8,16,22,26,32-33H,5-6,9-15H2/t22-,26-,27-,28+/m0/s1. The molecule has 2 fully saturated rings. The summed E-state index contributed by atoms with van der Waals surface area (Å²) in [5.41, 5.74) is 3.62. The van der Waals surface area contributed by atoms with Crippen LogP contribution in [-0.4, -0.2) is 51.1 Å². The SMILES string of the molecule is Oc1ccc2c3c1O[C@H]1c4c(c5ccccc5n4CCF)C[C@@]4(O)[C@H](C2)N(CC2CC2)CC[C@]314. The molecule has 34 heavy (non-hydrogen) atoms. The van der Waals surface area contributed by atoms with Crippen molar-refractivity contribution in [2.45, 2.75) is 61.8 Å². The Balaban J connectivity index is 1.43. The van der Waals surface area contributed by atoms with Crippen molar-refractivity contribution >= 4 is 10.9 Å². The molecule has 1 saturated carbocycles. The zero-order chi connectivity index (χ0) is 22.8. The highest BCUT2D eigenvalue weighted by Gasteiger charge is 2.73. The van der Waals surface area contributed by atoms with Crippen LogP contribution < -0.4 is 4.74 Å². The third-order valence-corrected chi connectivity index (χ3v) is 9.64. The van der Waals surface area contributed by atoms with Crippen LogP contribution in [0.25, 0.3) is 10.9 Å². The summed E-state index contributed by atoms with van der Waals surface area (Å²) in [7, 11) is 0. The van der Waals surface area contributed by atoms with E-state index in [2.05, 4.69) is 15.5 Å². The second-order valence-electron chi connectivity index (χ2n) is 11.1. The molecule has 6 heteroatoms. The highest BCUT2D eigenvalue weighted by Crippen LogP contribution is 2.69. The number of nitrogens with zero attached hydrogens (tertiary/aromatic N) is 2. The lowest BCUT2D eigenvalue weighted by molar-refractivity contribution is -0.173. The number of hydrogen-bond donors (Lipinski definition) is 2. The molecule has 5 aliphatic rings. The normalized spacial score (nSPS) is 33.0. The van der Waals surface area contributed by atoms with Crippen LogP contribution in [0.1, 0.15) is 47.8 Å². The van der Waals surface area contributed by atoms with Crippen molar-refractivity contribution in [3.8, 4) is 11.5 Å². The van der Waals surface area contributed by atoms with Gasteiger partial charge in [0.25, 0.3) is 0 Å². The van der Waals surface area contributed by atoms with Gasteiger partial charge in [-0.3, -0.25) is 4.90 Å². The molecule has 5 nitrogen and oxygen atoms in total. The van der Waals surface area contributed by atoms with Crippen molar-refractivity contribution in [1.29, 1.82) is 0 Å². The van der Waals surface area contributed by atoms with Gasteiger partial charge in [0.2, 0.25) is 0 Å². The summed E-state index contributed by atoms with van der Waals surface area (Å²) in [6, 6.07) is 11.9. The molecule has 3 aliphatic carbocycles. The Morgan fingerprint density at radius 1 is 1.15 bits per heavy atom. The number of aryl methyl sites for hydroxylation is 1. The number of alkyl halides is 1. The van der Waals surface area contributed by atoms with Gasteiger partial charge in [0.1, 0.15) is 6.67 Å². The average molecular weight is 461 g/mol. The second-order valence-corrected chi connectivity index (χ2v) is 11.1. The first-order valence-electron chi connectivity index (χ1n) is 12.7. The number of piperidine rings is 1. The molecule has 0 amide bonds. The number of phenols is 1. The summed E-state index contributed by atoms with van der Waals surface area (Å²) in [5.74, 6) is 1.41. The van der Waals surface area contributed by atoms with Gasteiger partial charge < -0.3 is 19.5 Å². The highest BCUT2D eigenvalue weighted by molar-refractivity contribution is 5.87. The maximum absolute atomic E-state index is 13.8. The van der Waals surface area contributed by atoms with E-state index in [9.17, 15) is 14.6 Å². The fraction of sp³-hybridized carbons (Fsp3) is 0.500. The average Bonchev–Trinajstić information content (AvgIpc) is 3.51. The van der Waals surface area contributed by atoms with E-state index in [1.54, 1.807) is 6.07 Å². The van der Waals surface area contributed by atoms with Gasteiger partial charge in [-0.05, 0) is 61.4 Å². The van der Waals surface area contributed by atoms with Crippen LogP contribution in [0.2, 0.25) is 0 Å². The summed E-state index contributed by atoms with van der Waals surface area (Å²) in [6.45, 7) is 1.76. The third-order valence-electron chi connectivity index (χ3n) is 9.64. The molecule has 1 spiro atoms. The Hall–Kier alpha value is -2.57. The second kappa shape index (κ2) is 6.35. The van der Waals surface area contributed by atoms with Crippen LogP contribution >= 0.6 is 0 Å². The summed E-state index contributed by atoms with van der Waals surface area (Å²) in [4.78, 5) is 2.54. The molecule has 0 unspecified atom stereocenters. The fourth-order valence-corrected chi connectivity index (χ4v) is 8.13. The smallest absolute Gasteiger partial charge is 0.166 e. The molecule has 2 aromatic carbocycles. The lowest BCUT2D eigenvalue weighted by atomic mass is 9.49. The van der Waals surface area contributed by atoms with Gasteiger partial charge in [-0.2, -0.15) is 0 Å². The summed E-state index contributed by atoms with van der Waals surface area (Å²) in [6.07, 6.45) is 4.21. The van der Waals surface area contributed by atoms with Crippen LogP contribution in [0.15, 0.2) is 36.4 Å². The molecule has 8 rings (SSSR count). The van der Waals surface area contributed by atoms with Gasteiger partial charge in [-0.1, -0.05) is 24.3 Å². The lowest BCUT2D eigenvalue weighted by Crippen LogP contribution is -2.74. The number of aromatic hydroxyl groups is 1. The molecular formula is C28H29FN2O3. The predicted molar refractivity (Wildman–Crippen MR) is 126 cm³/mol. The van der Waals surface area contributed by atoms with E-state index in [1.807, 2.05) is 24.3 Å². The monoisotopic (exact) mass is 460 g/mol. The molecule has 2 N–H and O–H groups in total. The number of aromatic nitrogens is 1. The van der Waals surface area contributed by atoms with Crippen LogP contribution in [-0.2, 0) is 24.8 Å². The Bertz CT molecular complexity index is 1360. The number of fused-ring (bicyclic) bond motifs is 4. The fourth-order valence-electron chi connectivity index (χ4n) is 8.13. The Morgan fingerprint density at radius 3 is 2.82 bits per heavy atom. The Labute approximate surface area is 197 Å². The van der Waals surface area contributed by atoms with Crippen molar-refractivity contribution < 1.29 is 19.3 Å². The number of benzene rings is 2. The van der Waals surface area contributed by atoms with Crippen molar-refractivity contribution in [2.75, 3.05) is 19.8 Å². The van der Waals surface area contributed by atoms with Crippen molar-refractivity contribution in [3.05, 3.63) is 58.8 Å². The van der Waals surface area contributed by atoms with Crippen molar-refractivity contribution in [1.82, 2.24) is 9.47 Å². The number of ether oxygens (including phenoxy) is 1. The summed E-state index contributed by atoms with van der Waals surface area (Å²) in [5, 5.41) is 24.8. The number of para-hydroxylation sites is 1. The summed E-state index contributed by atoms with van der Waals surface area (Å²) >= 11 is 0. The molecule has 4 atom stereocenters. The highest BCUT2D eigenvalue weighted by atomic mass is 19.1. The van der Waals surface area contributed by atoms with E-state index in [0.717, 1.165) is 59.6 Å². The van der Waals surface area contributed by atoms with E-state index in [0.29, 0.717) is 12.2 Å². The van der Waals surface area contributed by atoms with Gasteiger partial charge in [-0.15, -0.1) is 0 Å². The molecule has 2 aliphatic heterocycles. The van der Waals surface area contributed by atoms with Gasteiger partial charge in [0, 0.05) is 35.5 Å². The first-order valence-corrected chi connectivity index (χ1v) is 12.7. The largest absolute Gasteiger partial charge is 0.504 e. The first-order chi connectivity index (χ1) is 16.6. The number of phenolic OH excluding ortho intramolecular Hbond substituents is 1. The number of likely N-dealkylation sites (tertiary alicyclic amines) is 1. The van der Waals surface area contributed by atoms with Crippen LogP contribution in [0, 0.1) is 5.92 Å². The van der Waals surface area contributed by atoms with Gasteiger partial charge in [0.15, 0.2) is 17.6 Å². The number of halogens is 1. The predicted octanol–water partition coefficient (Wildman–Crippen LogP) is 4.02. The topological polar surface area (TPSA) is 57.9 Å². The minimum absolute atomic E-state index is 0.00683. The molecule has 2 bridgehead atoms. The van der Waals surface area contributed by atoms with Crippen LogP contribution in [0.4, 0.5) is 4.39 Å². The van der Waals surface area contributed by atoms with Gasteiger partial charge >= 0.3 is 0 Å². The molecule has 0 radical (unpaired) electrons. The van der Waals surface area contributed by atoms with E-state index in [4.69, 9.17) is 4.74 Å². The Morgan fingerprint density at radius 2 is 2.00 bits per heavy atom. The first kappa shape index (κ1) is 19.7. The minimum Gasteiger partial charge on any atom is -0.504 e. The lowest BCUT2D eigenvalue weighted by Gasteiger charge is -2.63. The molecule has 1 aromatic heterocycles. The molecule has 3 aromatic rings. The van der Waals surface area contributed by atoms with E-state index in [1.165, 1.54) is 18.4 Å². The molecular weight excluding hydrogens is 431 g/mol. The Kier molecular flexibility index (Phi) is 3.68. The summed E-state index contributed by atoms with van der Waals surface area (Å²) < 4.78 is 22.6. The third kappa shape index (κ3) is 2.14. The van der Waals surface area contributed by atoms with Crippen molar-refractivity contribution in [3.63, 3.8) is 0 Å². The number of aliphatic hydroxyl groups is 1. The number of rotatable bonds is 4. The molecule has 1 saturated heterocycles. The van der Waals surface area contributed by atoms with E-state index >= 15 is 0 Å². The van der Waals surface area contributed by atoms with E-state index < -0.39 is 23.8 Å². The number of hydrogen-bond acceptors (Lipinski definition) is 4. The van der Waals surface area contributed by atoms with Crippen molar-refractivity contribution in [2.24, 2.45) is 5.92 Å². The van der Waals surface area contributed by atoms with Crippen LogP contribution in [0.5, 0.6) is 11.5 Å². The maximum atomic E-state index is 13.8. The van der Waals surface area contributed by atoms with Gasteiger partial charge in [0.05, 0.1) is 23.3 Å². The molecule has 176 valence electrons. The zero-order valence-corrected chi connectivity index (χ0v) is 19.1. The van der Waals surface area contributed by atoms with E-state index in [-0.39, 0.29) is 18.3 Å². The van der Waals surface area contributed by atoms with Gasteiger partial charge in [-0.25, -0.2) is 4.39 Å². The van der Waals surface area contributed by atoms with Crippen LogP contribution in [0.3, 0.4) is 0 Å². The molecule has 3 heterocycles. The zero-order valence-electron chi connectivity index (χ0n) is 19.1. The maximum Gasteiger partial charge on any atom is 0.166 e. The quantitative estimate of drug-likeness (QED) is 0.618.